The molecule has 6 nitrogen and oxygen atoms in total. The van der Waals surface area contributed by atoms with E-state index in [-0.39, 0.29) is 6.04 Å². The fourth-order valence-corrected chi connectivity index (χ4v) is 1.90. The van der Waals surface area contributed by atoms with Gasteiger partial charge < -0.3 is 5.73 Å². The fourth-order valence-electron chi connectivity index (χ4n) is 1.90. The lowest BCUT2D eigenvalue weighted by atomic mass is 10.3. The summed E-state index contributed by atoms with van der Waals surface area (Å²) in [7, 11) is 0. The van der Waals surface area contributed by atoms with Gasteiger partial charge in [-0.05, 0) is 31.9 Å². The first-order valence-electron chi connectivity index (χ1n) is 6.28. The maximum atomic E-state index is 8.78. The van der Waals surface area contributed by atoms with E-state index < -0.39 is 0 Å². The Morgan fingerprint density at radius 2 is 2.26 bits per heavy atom. The van der Waals surface area contributed by atoms with Gasteiger partial charge in [-0.1, -0.05) is 0 Å². The van der Waals surface area contributed by atoms with E-state index in [9.17, 15) is 0 Å². The maximum absolute atomic E-state index is 8.78. The molecule has 1 fully saturated rings. The fraction of sp³-hybridized carbons (Fsp3) is 0.385. The van der Waals surface area contributed by atoms with Crippen molar-refractivity contribution in [2.45, 2.75) is 31.7 Å². The molecular formula is C13H14N6. The van der Waals surface area contributed by atoms with Crippen LogP contribution in [0, 0.1) is 11.3 Å². The molecule has 3 rings (SSSR count). The third kappa shape index (κ3) is 2.20. The summed E-state index contributed by atoms with van der Waals surface area (Å²) in [6.07, 6.45) is 3.81. The average molecular weight is 254 g/mol. The van der Waals surface area contributed by atoms with Crippen molar-refractivity contribution in [3.8, 4) is 11.9 Å². The van der Waals surface area contributed by atoms with Gasteiger partial charge in [0.05, 0.1) is 11.6 Å². The van der Waals surface area contributed by atoms with Gasteiger partial charge in [0.1, 0.15) is 6.07 Å². The van der Waals surface area contributed by atoms with Crippen molar-refractivity contribution in [2.75, 3.05) is 0 Å². The van der Waals surface area contributed by atoms with E-state index in [0.717, 1.165) is 18.7 Å². The Hall–Kier alpha value is -2.26. The highest BCUT2D eigenvalue weighted by Gasteiger charge is 2.29. The largest absolute Gasteiger partial charge is 0.322 e. The summed E-state index contributed by atoms with van der Waals surface area (Å²) in [5.41, 5.74) is 6.46. The van der Waals surface area contributed by atoms with Crippen LogP contribution in [0.3, 0.4) is 0 Å². The number of aromatic nitrogens is 4. The first kappa shape index (κ1) is 11.8. The predicted octanol–water partition coefficient (Wildman–Crippen LogP) is 1.43. The number of nitriles is 1. The molecule has 0 spiro atoms. The van der Waals surface area contributed by atoms with Crippen LogP contribution in [0.4, 0.5) is 0 Å². The quantitative estimate of drug-likeness (QED) is 0.894. The minimum Gasteiger partial charge on any atom is -0.322 e. The lowest BCUT2D eigenvalue weighted by Gasteiger charge is -2.06. The lowest BCUT2D eigenvalue weighted by Crippen LogP contribution is -2.14. The molecule has 0 saturated heterocycles. The van der Waals surface area contributed by atoms with Crippen LogP contribution in [0.5, 0.6) is 0 Å². The van der Waals surface area contributed by atoms with Crippen LogP contribution in [-0.4, -0.2) is 19.7 Å². The van der Waals surface area contributed by atoms with Crippen LogP contribution in [0.15, 0.2) is 18.3 Å². The van der Waals surface area contributed by atoms with Gasteiger partial charge in [0.15, 0.2) is 17.5 Å². The predicted molar refractivity (Wildman–Crippen MR) is 68.4 cm³/mol. The standard InChI is InChI=1S/C13H14N6/c1-8(15)13-17-12(10-3-4-10)18-19(13)11-5-2-9(6-14)7-16-11/h2,5,7-8,10H,3-4,15H2,1H3. The Kier molecular flexibility index (Phi) is 2.76. The SMILES string of the molecule is CC(N)c1nc(C2CC2)nn1-c1ccc(C#N)cn1. The summed E-state index contributed by atoms with van der Waals surface area (Å²) in [6, 6.07) is 5.31. The van der Waals surface area contributed by atoms with E-state index in [1.54, 1.807) is 16.8 Å². The molecule has 2 N–H and O–H groups in total. The zero-order chi connectivity index (χ0) is 13.4. The average Bonchev–Trinajstić information content (AvgIpc) is 3.17. The van der Waals surface area contributed by atoms with Crippen molar-refractivity contribution in [3.63, 3.8) is 0 Å². The molecule has 1 aliphatic carbocycles. The number of hydrogen-bond donors (Lipinski definition) is 1. The Labute approximate surface area is 110 Å². The van der Waals surface area contributed by atoms with Crippen molar-refractivity contribution in [3.05, 3.63) is 35.5 Å². The molecule has 1 unspecified atom stereocenters. The number of rotatable bonds is 3. The monoisotopic (exact) mass is 254 g/mol. The van der Waals surface area contributed by atoms with Crippen LogP contribution in [0.2, 0.25) is 0 Å². The number of hydrogen-bond acceptors (Lipinski definition) is 5. The van der Waals surface area contributed by atoms with Crippen LogP contribution in [0.1, 0.15) is 48.9 Å². The van der Waals surface area contributed by atoms with Crippen LogP contribution >= 0.6 is 0 Å². The third-order valence-corrected chi connectivity index (χ3v) is 3.09. The molecule has 0 radical (unpaired) electrons. The van der Waals surface area contributed by atoms with E-state index >= 15 is 0 Å². The molecule has 0 aromatic carbocycles. The molecule has 19 heavy (non-hydrogen) atoms. The summed E-state index contributed by atoms with van der Waals surface area (Å²) in [5, 5.41) is 13.3. The molecule has 96 valence electrons. The molecule has 1 atom stereocenters. The molecule has 0 aliphatic heterocycles. The zero-order valence-corrected chi connectivity index (χ0v) is 10.6. The van der Waals surface area contributed by atoms with Gasteiger partial charge in [0.2, 0.25) is 0 Å². The molecule has 0 bridgehead atoms. The molecule has 1 saturated carbocycles. The molecule has 1 aliphatic rings. The second-order valence-corrected chi connectivity index (χ2v) is 4.82. The Bertz CT molecular complexity index is 630. The van der Waals surface area contributed by atoms with Crippen molar-refractivity contribution in [2.24, 2.45) is 5.73 Å². The smallest absolute Gasteiger partial charge is 0.155 e. The summed E-state index contributed by atoms with van der Waals surface area (Å²) < 4.78 is 1.68. The van der Waals surface area contributed by atoms with Crippen LogP contribution in [-0.2, 0) is 0 Å². The first-order chi connectivity index (χ1) is 9.19. The first-order valence-corrected chi connectivity index (χ1v) is 6.28. The normalized spacial score (nSPS) is 16.1. The Morgan fingerprint density at radius 3 is 2.79 bits per heavy atom. The zero-order valence-electron chi connectivity index (χ0n) is 10.6. The van der Waals surface area contributed by atoms with Gasteiger partial charge in [0, 0.05) is 12.1 Å². The minimum atomic E-state index is -0.211. The Balaban J connectivity index is 2.04. The Morgan fingerprint density at radius 1 is 1.47 bits per heavy atom. The van der Waals surface area contributed by atoms with Gasteiger partial charge in [-0.15, -0.1) is 5.10 Å². The maximum Gasteiger partial charge on any atom is 0.155 e. The third-order valence-electron chi connectivity index (χ3n) is 3.09. The van der Waals surface area contributed by atoms with Crippen molar-refractivity contribution in [1.82, 2.24) is 19.7 Å². The van der Waals surface area contributed by atoms with Gasteiger partial charge >= 0.3 is 0 Å². The van der Waals surface area contributed by atoms with E-state index in [4.69, 9.17) is 11.0 Å². The number of nitrogens with zero attached hydrogens (tertiary/aromatic N) is 5. The van der Waals surface area contributed by atoms with Gasteiger partial charge in [-0.3, -0.25) is 0 Å². The minimum absolute atomic E-state index is 0.211. The lowest BCUT2D eigenvalue weighted by molar-refractivity contribution is 0.680. The highest BCUT2D eigenvalue weighted by molar-refractivity contribution is 5.32. The number of pyridine rings is 1. The topological polar surface area (TPSA) is 93.4 Å². The van der Waals surface area contributed by atoms with E-state index in [2.05, 4.69) is 15.1 Å². The van der Waals surface area contributed by atoms with Crippen LogP contribution in [0.25, 0.3) is 5.82 Å². The second kappa shape index (κ2) is 4.44. The highest BCUT2D eigenvalue weighted by atomic mass is 15.4. The molecule has 0 amide bonds. The summed E-state index contributed by atoms with van der Waals surface area (Å²) in [6.45, 7) is 1.88. The van der Waals surface area contributed by atoms with Gasteiger partial charge in [-0.25, -0.2) is 9.97 Å². The molecular weight excluding hydrogens is 240 g/mol. The van der Waals surface area contributed by atoms with Crippen molar-refractivity contribution in [1.29, 1.82) is 5.26 Å². The van der Waals surface area contributed by atoms with Crippen molar-refractivity contribution >= 4 is 0 Å². The molecule has 2 aromatic heterocycles. The van der Waals surface area contributed by atoms with Gasteiger partial charge in [0.25, 0.3) is 0 Å². The second-order valence-electron chi connectivity index (χ2n) is 4.82. The molecule has 2 aromatic rings. The molecule has 6 heteroatoms. The molecule has 2 heterocycles. The summed E-state index contributed by atoms with van der Waals surface area (Å²) >= 11 is 0. The van der Waals surface area contributed by atoms with E-state index in [1.807, 2.05) is 13.0 Å². The number of nitrogens with two attached hydrogens (primary N) is 1. The van der Waals surface area contributed by atoms with Crippen molar-refractivity contribution < 1.29 is 0 Å². The summed E-state index contributed by atoms with van der Waals surface area (Å²) in [4.78, 5) is 8.75. The van der Waals surface area contributed by atoms with E-state index in [0.29, 0.717) is 23.1 Å². The highest BCUT2D eigenvalue weighted by Crippen LogP contribution is 2.38. The van der Waals surface area contributed by atoms with Gasteiger partial charge in [-0.2, -0.15) is 9.94 Å². The summed E-state index contributed by atoms with van der Waals surface area (Å²) in [5.74, 6) is 2.67. The van der Waals surface area contributed by atoms with Crippen LogP contribution < -0.4 is 5.73 Å². The van der Waals surface area contributed by atoms with E-state index in [1.165, 1.54) is 6.20 Å².